The molecule has 98 valence electrons. The van der Waals surface area contributed by atoms with Crippen molar-refractivity contribution in [3.63, 3.8) is 0 Å². The molecule has 2 atom stereocenters. The van der Waals surface area contributed by atoms with Gasteiger partial charge in [-0.1, -0.05) is 20.8 Å². The van der Waals surface area contributed by atoms with Crippen LogP contribution in [-0.4, -0.2) is 34.5 Å². The number of carbonyl (C=O) groups excluding carboxylic acids is 1. The zero-order chi connectivity index (χ0) is 13.0. The van der Waals surface area contributed by atoms with Crippen molar-refractivity contribution < 1.29 is 14.7 Å². The highest BCUT2D eigenvalue weighted by molar-refractivity contribution is 5.84. The molecule has 17 heavy (non-hydrogen) atoms. The molecule has 0 aromatic rings. The largest absolute Gasteiger partial charge is 0.480 e. The van der Waals surface area contributed by atoms with Gasteiger partial charge >= 0.3 is 5.97 Å². The first kappa shape index (κ1) is 14.0. The highest BCUT2D eigenvalue weighted by atomic mass is 16.4. The van der Waals surface area contributed by atoms with Gasteiger partial charge in [0, 0.05) is 13.0 Å². The van der Waals surface area contributed by atoms with E-state index in [2.05, 4.69) is 20.8 Å². The maximum atomic E-state index is 12.0. The summed E-state index contributed by atoms with van der Waals surface area (Å²) in [6, 6.07) is -0.589. The molecule has 1 aliphatic rings. The summed E-state index contributed by atoms with van der Waals surface area (Å²) in [7, 11) is 0. The number of carboxylic acid groups (broad SMARTS) is 1. The van der Waals surface area contributed by atoms with Gasteiger partial charge in [0.15, 0.2) is 0 Å². The van der Waals surface area contributed by atoms with Crippen molar-refractivity contribution in [1.82, 2.24) is 4.90 Å². The van der Waals surface area contributed by atoms with E-state index < -0.39 is 12.0 Å². The molecule has 1 saturated heterocycles. The average molecular weight is 241 g/mol. The molecule has 1 aliphatic heterocycles. The number of rotatable bonds is 5. The Bertz CT molecular complexity index is 288. The van der Waals surface area contributed by atoms with Gasteiger partial charge in [-0.25, -0.2) is 4.79 Å². The number of aliphatic carboxylic acids is 1. The van der Waals surface area contributed by atoms with Crippen LogP contribution in [0.2, 0.25) is 0 Å². The monoisotopic (exact) mass is 241 g/mol. The second-order valence-electron chi connectivity index (χ2n) is 5.52. The lowest BCUT2D eigenvalue weighted by atomic mass is 9.95. The lowest BCUT2D eigenvalue weighted by Crippen LogP contribution is -2.41. The highest BCUT2D eigenvalue weighted by Crippen LogP contribution is 2.22. The molecule has 1 amide bonds. The van der Waals surface area contributed by atoms with Crippen molar-refractivity contribution in [2.24, 2.45) is 11.8 Å². The SMILES string of the molecule is CC(C)CC(C)CC(=O)N1CCC[C@@H]1C(=O)O. The number of hydrogen-bond donors (Lipinski definition) is 1. The molecule has 1 unspecified atom stereocenters. The minimum absolute atomic E-state index is 0.00282. The van der Waals surface area contributed by atoms with E-state index in [4.69, 9.17) is 5.11 Å². The van der Waals surface area contributed by atoms with Crippen molar-refractivity contribution in [3.05, 3.63) is 0 Å². The van der Waals surface area contributed by atoms with Gasteiger partial charge < -0.3 is 10.0 Å². The lowest BCUT2D eigenvalue weighted by molar-refractivity contribution is -0.148. The molecule has 1 heterocycles. The van der Waals surface area contributed by atoms with E-state index in [0.717, 1.165) is 12.8 Å². The minimum Gasteiger partial charge on any atom is -0.480 e. The highest BCUT2D eigenvalue weighted by Gasteiger charge is 2.34. The Morgan fingerprint density at radius 3 is 2.53 bits per heavy atom. The molecule has 0 radical (unpaired) electrons. The van der Waals surface area contributed by atoms with Crippen LogP contribution in [0.25, 0.3) is 0 Å². The standard InChI is InChI=1S/C13H23NO3/c1-9(2)7-10(3)8-12(15)14-6-4-5-11(14)13(16)17/h9-11H,4-8H2,1-3H3,(H,16,17)/t10?,11-/m1/s1. The van der Waals surface area contributed by atoms with E-state index in [1.54, 1.807) is 4.90 Å². The summed E-state index contributed by atoms with van der Waals surface area (Å²) in [5, 5.41) is 9.02. The minimum atomic E-state index is -0.868. The predicted octanol–water partition coefficient (Wildman–Crippen LogP) is 2.13. The van der Waals surface area contributed by atoms with Crippen LogP contribution >= 0.6 is 0 Å². The van der Waals surface area contributed by atoms with Crippen molar-refractivity contribution in [1.29, 1.82) is 0 Å². The summed E-state index contributed by atoms with van der Waals surface area (Å²) >= 11 is 0. The Labute approximate surface area is 103 Å². The summed E-state index contributed by atoms with van der Waals surface area (Å²) in [5.41, 5.74) is 0. The number of nitrogens with zero attached hydrogens (tertiary/aromatic N) is 1. The van der Waals surface area contributed by atoms with Crippen LogP contribution in [-0.2, 0) is 9.59 Å². The fraction of sp³-hybridized carbons (Fsp3) is 0.846. The number of hydrogen-bond acceptors (Lipinski definition) is 2. The number of amides is 1. The van der Waals surface area contributed by atoms with Crippen molar-refractivity contribution in [3.8, 4) is 0 Å². The van der Waals surface area contributed by atoms with Crippen LogP contribution in [0.4, 0.5) is 0 Å². The Hall–Kier alpha value is -1.06. The fourth-order valence-electron chi connectivity index (χ4n) is 2.63. The lowest BCUT2D eigenvalue weighted by Gasteiger charge is -2.23. The smallest absolute Gasteiger partial charge is 0.326 e. The van der Waals surface area contributed by atoms with Gasteiger partial charge in [0.1, 0.15) is 6.04 Å². The molecule has 1 N–H and O–H groups in total. The molecule has 1 rings (SSSR count). The van der Waals surface area contributed by atoms with Crippen LogP contribution in [0.15, 0.2) is 0 Å². The third kappa shape index (κ3) is 4.02. The molecular formula is C13H23NO3. The summed E-state index contributed by atoms with van der Waals surface area (Å²) in [4.78, 5) is 24.5. The first-order valence-electron chi connectivity index (χ1n) is 6.44. The molecule has 0 saturated carbocycles. The van der Waals surface area contributed by atoms with E-state index in [1.807, 2.05) is 0 Å². The second kappa shape index (κ2) is 6.03. The fourth-order valence-corrected chi connectivity index (χ4v) is 2.63. The summed E-state index contributed by atoms with van der Waals surface area (Å²) in [5.74, 6) is 0.0413. The third-order valence-electron chi connectivity index (χ3n) is 3.26. The zero-order valence-corrected chi connectivity index (χ0v) is 11.0. The van der Waals surface area contributed by atoms with E-state index in [-0.39, 0.29) is 5.91 Å². The van der Waals surface area contributed by atoms with Gasteiger partial charge in [-0.15, -0.1) is 0 Å². The van der Waals surface area contributed by atoms with Gasteiger partial charge in [-0.05, 0) is 31.1 Å². The van der Waals surface area contributed by atoms with Gasteiger partial charge in [-0.2, -0.15) is 0 Å². The molecule has 0 aromatic carbocycles. The Balaban J connectivity index is 2.49. The third-order valence-corrected chi connectivity index (χ3v) is 3.26. The van der Waals surface area contributed by atoms with Gasteiger partial charge in [0.25, 0.3) is 0 Å². The Morgan fingerprint density at radius 1 is 1.35 bits per heavy atom. The van der Waals surface area contributed by atoms with Crippen LogP contribution in [0.1, 0.15) is 46.5 Å². The number of likely N-dealkylation sites (tertiary alicyclic amines) is 1. The van der Waals surface area contributed by atoms with E-state index >= 15 is 0 Å². The van der Waals surface area contributed by atoms with Crippen molar-refractivity contribution in [2.45, 2.75) is 52.5 Å². The summed E-state index contributed by atoms with van der Waals surface area (Å²) in [6.45, 7) is 6.93. The molecule has 0 aliphatic carbocycles. The maximum Gasteiger partial charge on any atom is 0.326 e. The first-order chi connectivity index (χ1) is 7.91. The van der Waals surface area contributed by atoms with Gasteiger partial charge in [-0.3, -0.25) is 4.79 Å². The normalized spacial score (nSPS) is 21.9. The van der Waals surface area contributed by atoms with Crippen molar-refractivity contribution in [2.75, 3.05) is 6.54 Å². The van der Waals surface area contributed by atoms with Gasteiger partial charge in [0.2, 0.25) is 5.91 Å². The van der Waals surface area contributed by atoms with Gasteiger partial charge in [0.05, 0.1) is 0 Å². The number of carbonyl (C=O) groups is 2. The second-order valence-corrected chi connectivity index (χ2v) is 5.52. The number of carboxylic acids is 1. The molecule has 0 bridgehead atoms. The van der Waals surface area contributed by atoms with Crippen LogP contribution in [0.5, 0.6) is 0 Å². The Morgan fingerprint density at radius 2 is 2.00 bits per heavy atom. The molecule has 0 spiro atoms. The zero-order valence-electron chi connectivity index (χ0n) is 11.0. The molecule has 4 nitrogen and oxygen atoms in total. The van der Waals surface area contributed by atoms with E-state index in [0.29, 0.717) is 31.2 Å². The molecule has 4 heteroatoms. The maximum absolute atomic E-state index is 12.0. The topological polar surface area (TPSA) is 57.6 Å². The first-order valence-corrected chi connectivity index (χ1v) is 6.44. The summed E-state index contributed by atoms with van der Waals surface area (Å²) < 4.78 is 0. The predicted molar refractivity (Wildman–Crippen MR) is 65.6 cm³/mol. The quantitative estimate of drug-likeness (QED) is 0.802. The molecule has 0 aromatic heterocycles. The molecule has 1 fully saturated rings. The van der Waals surface area contributed by atoms with Crippen LogP contribution in [0.3, 0.4) is 0 Å². The summed E-state index contributed by atoms with van der Waals surface area (Å²) in [6.07, 6.45) is 2.89. The van der Waals surface area contributed by atoms with Crippen molar-refractivity contribution >= 4 is 11.9 Å². The average Bonchev–Trinajstić information content (AvgIpc) is 2.63. The van der Waals surface area contributed by atoms with Crippen LogP contribution < -0.4 is 0 Å². The Kier molecular flexibility index (Phi) is 4.97. The van der Waals surface area contributed by atoms with E-state index in [1.165, 1.54) is 0 Å². The van der Waals surface area contributed by atoms with Crippen LogP contribution in [0, 0.1) is 11.8 Å². The van der Waals surface area contributed by atoms with E-state index in [9.17, 15) is 9.59 Å². The molecular weight excluding hydrogens is 218 g/mol.